The van der Waals surface area contributed by atoms with Gasteiger partial charge in [-0.1, -0.05) is 0 Å². The Morgan fingerprint density at radius 1 is 1.33 bits per heavy atom. The van der Waals surface area contributed by atoms with E-state index in [1.165, 1.54) is 4.90 Å². The number of carbonyl (C=O) groups is 1. The van der Waals surface area contributed by atoms with Crippen LogP contribution < -0.4 is 5.32 Å². The first kappa shape index (κ1) is 17.3. The highest BCUT2D eigenvalue weighted by Crippen LogP contribution is 2.01. The molecular weight excluding hydrogens is 256 g/mol. The lowest BCUT2D eigenvalue weighted by Crippen LogP contribution is -2.40. The maximum Gasteiger partial charge on any atom is 0.237 e. The van der Waals surface area contributed by atoms with Gasteiger partial charge >= 0.3 is 0 Å². The van der Waals surface area contributed by atoms with Gasteiger partial charge in [-0.15, -0.1) is 0 Å². The van der Waals surface area contributed by atoms with Crippen molar-refractivity contribution in [2.45, 2.75) is 26.3 Å². The standard InChI is InChI=1S/C11H24N2O4S/c1-4-13(5-2)11(15)9-18(16,17)8-10(12-3)6-7-14/h10,12,14H,4-9H2,1-3H3. The van der Waals surface area contributed by atoms with Crippen LogP contribution in [-0.4, -0.2) is 68.6 Å². The number of sulfone groups is 1. The van der Waals surface area contributed by atoms with Crippen LogP contribution in [0.3, 0.4) is 0 Å². The molecule has 2 N–H and O–H groups in total. The molecule has 0 fully saturated rings. The molecule has 1 atom stereocenters. The van der Waals surface area contributed by atoms with E-state index in [2.05, 4.69) is 5.32 Å². The summed E-state index contributed by atoms with van der Waals surface area (Å²) in [5.74, 6) is -0.950. The summed E-state index contributed by atoms with van der Waals surface area (Å²) in [5.41, 5.74) is 0. The number of rotatable bonds is 9. The van der Waals surface area contributed by atoms with Crippen molar-refractivity contribution in [1.29, 1.82) is 0 Å². The first-order valence-corrected chi connectivity index (χ1v) is 7.98. The maximum absolute atomic E-state index is 11.9. The molecule has 0 bridgehead atoms. The Morgan fingerprint density at radius 2 is 1.89 bits per heavy atom. The number of amides is 1. The summed E-state index contributed by atoms with van der Waals surface area (Å²) in [7, 11) is -1.80. The van der Waals surface area contributed by atoms with Crippen molar-refractivity contribution >= 4 is 15.7 Å². The van der Waals surface area contributed by atoms with Crippen LogP contribution >= 0.6 is 0 Å². The fourth-order valence-electron chi connectivity index (χ4n) is 1.69. The zero-order chi connectivity index (χ0) is 14.2. The van der Waals surface area contributed by atoms with E-state index in [-0.39, 0.29) is 24.3 Å². The average Bonchev–Trinajstić information content (AvgIpc) is 2.29. The predicted molar refractivity (Wildman–Crippen MR) is 71.1 cm³/mol. The number of hydrogen-bond donors (Lipinski definition) is 2. The molecule has 0 aliphatic heterocycles. The van der Waals surface area contributed by atoms with Crippen molar-refractivity contribution in [1.82, 2.24) is 10.2 Å². The van der Waals surface area contributed by atoms with E-state index in [4.69, 9.17) is 5.11 Å². The Morgan fingerprint density at radius 3 is 2.28 bits per heavy atom. The third kappa shape index (κ3) is 6.32. The molecule has 1 amide bonds. The average molecular weight is 280 g/mol. The summed E-state index contributed by atoms with van der Waals surface area (Å²) in [4.78, 5) is 13.2. The Hall–Kier alpha value is -0.660. The van der Waals surface area contributed by atoms with E-state index in [9.17, 15) is 13.2 Å². The van der Waals surface area contributed by atoms with Gasteiger partial charge < -0.3 is 15.3 Å². The summed E-state index contributed by atoms with van der Waals surface area (Å²) < 4.78 is 23.7. The van der Waals surface area contributed by atoms with E-state index in [0.29, 0.717) is 19.5 Å². The fraction of sp³-hybridized carbons (Fsp3) is 0.909. The lowest BCUT2D eigenvalue weighted by molar-refractivity contribution is -0.128. The Balaban J connectivity index is 4.51. The molecule has 0 rings (SSSR count). The highest BCUT2D eigenvalue weighted by Gasteiger charge is 2.23. The van der Waals surface area contributed by atoms with Gasteiger partial charge in [0.15, 0.2) is 9.84 Å². The number of nitrogens with one attached hydrogen (secondary N) is 1. The van der Waals surface area contributed by atoms with Crippen LogP contribution in [0.25, 0.3) is 0 Å². The van der Waals surface area contributed by atoms with Gasteiger partial charge in [-0.2, -0.15) is 0 Å². The van der Waals surface area contributed by atoms with Crippen LogP contribution in [0.15, 0.2) is 0 Å². The summed E-state index contributed by atoms with van der Waals surface area (Å²) >= 11 is 0. The van der Waals surface area contributed by atoms with Gasteiger partial charge in [0.1, 0.15) is 5.75 Å². The zero-order valence-corrected chi connectivity index (χ0v) is 12.2. The lowest BCUT2D eigenvalue weighted by Gasteiger charge is -2.20. The van der Waals surface area contributed by atoms with Crippen LogP contribution in [0.5, 0.6) is 0 Å². The quantitative estimate of drug-likeness (QED) is 0.580. The van der Waals surface area contributed by atoms with Crippen molar-refractivity contribution in [2.24, 2.45) is 0 Å². The third-order valence-electron chi connectivity index (χ3n) is 2.80. The van der Waals surface area contributed by atoms with Crippen molar-refractivity contribution in [3.63, 3.8) is 0 Å². The van der Waals surface area contributed by atoms with E-state index in [1.54, 1.807) is 7.05 Å². The molecule has 0 saturated heterocycles. The predicted octanol–water partition coefficient (Wildman–Crippen LogP) is -0.760. The topological polar surface area (TPSA) is 86.7 Å². The minimum atomic E-state index is -3.44. The molecule has 0 aromatic heterocycles. The van der Waals surface area contributed by atoms with Gasteiger partial charge in [-0.05, 0) is 27.3 Å². The highest BCUT2D eigenvalue weighted by molar-refractivity contribution is 7.92. The molecule has 0 spiro atoms. The molecule has 0 heterocycles. The number of hydrogen-bond acceptors (Lipinski definition) is 5. The van der Waals surface area contributed by atoms with Crippen LogP contribution in [0, 0.1) is 0 Å². The summed E-state index contributed by atoms with van der Waals surface area (Å²) in [5, 5.41) is 11.6. The fourth-order valence-corrected chi connectivity index (χ4v) is 3.31. The summed E-state index contributed by atoms with van der Waals surface area (Å²) in [6, 6.07) is -0.315. The molecule has 6 nitrogen and oxygen atoms in total. The first-order valence-electron chi connectivity index (χ1n) is 6.16. The van der Waals surface area contributed by atoms with Crippen LogP contribution in [-0.2, 0) is 14.6 Å². The molecule has 0 aliphatic rings. The second kappa shape index (κ2) is 8.44. The highest BCUT2D eigenvalue weighted by atomic mass is 32.2. The minimum Gasteiger partial charge on any atom is -0.396 e. The van der Waals surface area contributed by atoms with Crippen LogP contribution in [0.4, 0.5) is 0 Å². The largest absolute Gasteiger partial charge is 0.396 e. The van der Waals surface area contributed by atoms with Gasteiger partial charge in [-0.25, -0.2) is 8.42 Å². The van der Waals surface area contributed by atoms with E-state index >= 15 is 0 Å². The molecule has 0 aromatic carbocycles. The molecule has 7 heteroatoms. The maximum atomic E-state index is 11.9. The summed E-state index contributed by atoms with van der Waals surface area (Å²) in [6.07, 6.45) is 0.356. The Kier molecular flexibility index (Phi) is 8.13. The second-order valence-electron chi connectivity index (χ2n) is 4.12. The Labute approximate surface area is 109 Å². The normalized spacial score (nSPS) is 13.3. The third-order valence-corrected chi connectivity index (χ3v) is 4.40. The van der Waals surface area contributed by atoms with Gasteiger partial charge in [0.25, 0.3) is 0 Å². The van der Waals surface area contributed by atoms with Crippen molar-refractivity contribution in [3.05, 3.63) is 0 Å². The molecule has 0 radical (unpaired) electrons. The number of aliphatic hydroxyl groups excluding tert-OH is 1. The van der Waals surface area contributed by atoms with E-state index in [0.717, 1.165) is 0 Å². The van der Waals surface area contributed by atoms with Crippen LogP contribution in [0.2, 0.25) is 0 Å². The molecule has 0 aliphatic carbocycles. The molecule has 1 unspecified atom stereocenters. The van der Waals surface area contributed by atoms with Gasteiger partial charge in [0, 0.05) is 25.7 Å². The number of aliphatic hydroxyl groups is 1. The summed E-state index contributed by atoms with van der Waals surface area (Å²) in [6.45, 7) is 4.57. The van der Waals surface area contributed by atoms with Crippen molar-refractivity contribution in [2.75, 3.05) is 38.2 Å². The SMILES string of the molecule is CCN(CC)C(=O)CS(=O)(=O)CC(CCO)NC. The smallest absolute Gasteiger partial charge is 0.237 e. The molecule has 108 valence electrons. The second-order valence-corrected chi connectivity index (χ2v) is 6.23. The molecule has 18 heavy (non-hydrogen) atoms. The molecule has 0 saturated carbocycles. The number of carbonyl (C=O) groups excluding carboxylic acids is 1. The minimum absolute atomic E-state index is 0.0784. The monoisotopic (exact) mass is 280 g/mol. The lowest BCUT2D eigenvalue weighted by atomic mass is 10.2. The van der Waals surface area contributed by atoms with Gasteiger partial charge in [0.2, 0.25) is 5.91 Å². The molecule has 0 aromatic rings. The van der Waals surface area contributed by atoms with E-state index < -0.39 is 15.6 Å². The van der Waals surface area contributed by atoms with Crippen LogP contribution in [0.1, 0.15) is 20.3 Å². The van der Waals surface area contributed by atoms with Gasteiger partial charge in [0.05, 0.1) is 5.75 Å². The van der Waals surface area contributed by atoms with Crippen molar-refractivity contribution in [3.8, 4) is 0 Å². The number of nitrogens with zero attached hydrogens (tertiary/aromatic N) is 1. The zero-order valence-electron chi connectivity index (χ0n) is 11.3. The Bertz CT molecular complexity index is 339. The van der Waals surface area contributed by atoms with Gasteiger partial charge in [-0.3, -0.25) is 4.79 Å². The van der Waals surface area contributed by atoms with Crippen molar-refractivity contribution < 1.29 is 18.3 Å². The molecular formula is C11H24N2O4S. The van der Waals surface area contributed by atoms with E-state index in [1.807, 2.05) is 13.8 Å². The first-order chi connectivity index (χ1) is 8.40.